The summed E-state index contributed by atoms with van der Waals surface area (Å²) in [6, 6.07) is -4.11. The average Bonchev–Trinajstić information content (AvgIpc) is 1.95. The second-order valence-corrected chi connectivity index (χ2v) is 1.84. The fraction of sp³-hybridized carbons (Fsp3) is 1.00. The first-order chi connectivity index (χ1) is 4.36. The zero-order valence-corrected chi connectivity index (χ0v) is 4.54. The molecule has 7 heteroatoms. The summed E-state index contributed by atoms with van der Waals surface area (Å²) >= 11 is 0. The molecule has 2 nitrogen and oxygen atoms in total. The molecule has 0 spiro atoms. The predicted molar refractivity (Wildman–Crippen MR) is 20.8 cm³/mol. The van der Waals surface area contributed by atoms with Gasteiger partial charge in [0.1, 0.15) is 0 Å². The largest absolute Gasteiger partial charge is 0.397 e. The molecule has 0 unspecified atom stereocenters. The van der Waals surface area contributed by atoms with Gasteiger partial charge < -0.3 is 0 Å². The van der Waals surface area contributed by atoms with Crippen LogP contribution >= 0.6 is 0 Å². The second kappa shape index (κ2) is 1.79. The van der Waals surface area contributed by atoms with Gasteiger partial charge in [0.15, 0.2) is 0 Å². The quantitative estimate of drug-likeness (QED) is 0.323. The fourth-order valence-electron chi connectivity index (χ4n) is 0.557. The van der Waals surface area contributed by atoms with Crippen LogP contribution < -0.4 is 5.32 Å². The molecular formula is C3H3F5N2. The molecule has 1 rings (SSSR count). The summed E-state index contributed by atoms with van der Waals surface area (Å²) in [6.45, 7) is -1.38. The number of rotatable bonds is 0. The van der Waals surface area contributed by atoms with E-state index in [1.165, 1.54) is 0 Å². The van der Waals surface area contributed by atoms with Crippen molar-refractivity contribution in [3.8, 4) is 0 Å². The molecule has 1 aliphatic rings. The molecule has 0 saturated carbocycles. The molecule has 1 aliphatic heterocycles. The van der Waals surface area contributed by atoms with Crippen molar-refractivity contribution >= 4 is 0 Å². The molecule has 1 saturated heterocycles. The third-order valence-electron chi connectivity index (χ3n) is 1.05. The van der Waals surface area contributed by atoms with Crippen molar-refractivity contribution in [3.05, 3.63) is 0 Å². The number of nitrogens with zero attached hydrogens (tertiary/aromatic N) is 1. The molecule has 1 N–H and O–H groups in total. The number of hydrogen-bond donors (Lipinski definition) is 1. The minimum atomic E-state index is -4.25. The first-order valence-corrected chi connectivity index (χ1v) is 2.33. The fourth-order valence-corrected chi connectivity index (χ4v) is 0.557. The van der Waals surface area contributed by atoms with E-state index in [1.54, 1.807) is 0 Å². The highest BCUT2D eigenvalue weighted by Crippen LogP contribution is 2.34. The Morgan fingerprint density at radius 1 is 1.20 bits per heavy atom. The number of halogens is 5. The molecule has 1 fully saturated rings. The molecule has 0 aromatic heterocycles. The van der Waals surface area contributed by atoms with E-state index in [9.17, 15) is 22.0 Å². The van der Waals surface area contributed by atoms with E-state index in [-0.39, 0.29) is 0 Å². The Morgan fingerprint density at radius 2 is 1.70 bits per heavy atom. The van der Waals surface area contributed by atoms with Gasteiger partial charge in [-0.1, -0.05) is 0 Å². The Kier molecular flexibility index (Phi) is 1.37. The molecule has 0 bridgehead atoms. The highest BCUT2D eigenvalue weighted by atomic mass is 19.3. The molecule has 0 atom stereocenters. The third-order valence-corrected chi connectivity index (χ3v) is 1.05. The minimum Gasteiger partial charge on any atom is -0.234 e. The van der Waals surface area contributed by atoms with Crippen LogP contribution in [-0.2, 0) is 0 Å². The number of nitrogens with one attached hydrogen (secondary N) is 1. The Balaban J connectivity index is 2.77. The van der Waals surface area contributed by atoms with Gasteiger partial charge >= 0.3 is 12.2 Å². The monoisotopic (exact) mass is 162 g/mol. The van der Waals surface area contributed by atoms with Crippen molar-refractivity contribution in [1.29, 1.82) is 0 Å². The van der Waals surface area contributed by atoms with Crippen LogP contribution in [0.25, 0.3) is 0 Å². The van der Waals surface area contributed by atoms with E-state index in [0.29, 0.717) is 0 Å². The third kappa shape index (κ3) is 0.948. The molecule has 10 heavy (non-hydrogen) atoms. The van der Waals surface area contributed by atoms with Crippen LogP contribution in [0.1, 0.15) is 0 Å². The van der Waals surface area contributed by atoms with Crippen LogP contribution in [0, 0.1) is 0 Å². The highest BCUT2D eigenvalue weighted by Gasteiger charge is 2.60. The van der Waals surface area contributed by atoms with Crippen LogP contribution in [-0.4, -0.2) is 23.9 Å². The molecule has 1 heterocycles. The van der Waals surface area contributed by atoms with E-state index in [4.69, 9.17) is 0 Å². The van der Waals surface area contributed by atoms with Crippen molar-refractivity contribution < 1.29 is 22.0 Å². The predicted octanol–water partition coefficient (Wildman–Crippen LogP) is 0.919. The SMILES string of the molecule is FN1C(F)(F)CNC1(F)F. The topological polar surface area (TPSA) is 15.3 Å². The van der Waals surface area contributed by atoms with Crippen molar-refractivity contribution in [2.45, 2.75) is 12.2 Å². The standard InChI is InChI=1S/C3H3F5N2/c4-2(5)1-9-3(6,7)10(2)8/h9H,1H2. The molecular weight excluding hydrogens is 159 g/mol. The van der Waals surface area contributed by atoms with Crippen molar-refractivity contribution in [2.24, 2.45) is 0 Å². The van der Waals surface area contributed by atoms with Gasteiger partial charge in [-0.2, -0.15) is 17.6 Å². The Hall–Kier alpha value is -0.430. The zero-order chi connectivity index (χ0) is 7.99. The summed E-state index contributed by atoms with van der Waals surface area (Å²) in [5, 5.41) is -0.788. The van der Waals surface area contributed by atoms with Crippen LogP contribution in [0.3, 0.4) is 0 Å². The van der Waals surface area contributed by atoms with Gasteiger partial charge in [-0.15, -0.1) is 4.48 Å². The Bertz CT molecular complexity index is 130. The molecule has 0 amide bonds. The number of hydrogen-bond acceptors (Lipinski definition) is 2. The Morgan fingerprint density at radius 3 is 1.80 bits per heavy atom. The highest BCUT2D eigenvalue weighted by molar-refractivity contribution is 4.80. The van der Waals surface area contributed by atoms with Crippen LogP contribution in [0.4, 0.5) is 22.0 Å². The van der Waals surface area contributed by atoms with Crippen molar-refractivity contribution in [2.75, 3.05) is 6.54 Å². The summed E-state index contributed by atoms with van der Waals surface area (Å²) in [6.07, 6.45) is -4.25. The smallest absolute Gasteiger partial charge is 0.234 e. The van der Waals surface area contributed by atoms with E-state index < -0.39 is 23.9 Å². The van der Waals surface area contributed by atoms with E-state index in [1.807, 2.05) is 0 Å². The maximum Gasteiger partial charge on any atom is 0.397 e. The lowest BCUT2D eigenvalue weighted by atomic mass is 10.6. The molecule has 0 aliphatic carbocycles. The molecule has 0 aromatic carbocycles. The summed E-state index contributed by atoms with van der Waals surface area (Å²) in [5.74, 6) is 0. The summed E-state index contributed by atoms with van der Waals surface area (Å²) < 4.78 is 59.0. The van der Waals surface area contributed by atoms with Gasteiger partial charge in [0, 0.05) is 5.12 Å². The summed E-state index contributed by atoms with van der Waals surface area (Å²) in [4.78, 5) is 0. The van der Waals surface area contributed by atoms with Gasteiger partial charge in [0.05, 0.1) is 6.54 Å². The molecule has 0 aromatic rings. The first kappa shape index (κ1) is 7.67. The maximum atomic E-state index is 11.8. The lowest BCUT2D eigenvalue weighted by Crippen LogP contribution is -2.42. The van der Waals surface area contributed by atoms with Gasteiger partial charge in [-0.3, -0.25) is 0 Å². The number of alkyl halides is 4. The molecule has 0 radical (unpaired) electrons. The molecule has 60 valence electrons. The van der Waals surface area contributed by atoms with Gasteiger partial charge in [0.2, 0.25) is 0 Å². The van der Waals surface area contributed by atoms with Crippen molar-refractivity contribution in [3.63, 3.8) is 0 Å². The Labute approximate surface area is 52.5 Å². The zero-order valence-electron chi connectivity index (χ0n) is 4.54. The normalized spacial score (nSPS) is 30.9. The van der Waals surface area contributed by atoms with Crippen LogP contribution in [0.5, 0.6) is 0 Å². The lowest BCUT2D eigenvalue weighted by molar-refractivity contribution is -0.316. The van der Waals surface area contributed by atoms with E-state index >= 15 is 0 Å². The van der Waals surface area contributed by atoms with Crippen LogP contribution in [0.2, 0.25) is 0 Å². The van der Waals surface area contributed by atoms with E-state index in [2.05, 4.69) is 0 Å². The second-order valence-electron chi connectivity index (χ2n) is 1.84. The van der Waals surface area contributed by atoms with Crippen LogP contribution in [0.15, 0.2) is 0 Å². The van der Waals surface area contributed by atoms with Gasteiger partial charge in [-0.05, 0) is 0 Å². The van der Waals surface area contributed by atoms with Crippen molar-refractivity contribution in [1.82, 2.24) is 10.4 Å². The summed E-state index contributed by atoms with van der Waals surface area (Å²) in [5.41, 5.74) is 0. The minimum absolute atomic E-state index is 1.00. The summed E-state index contributed by atoms with van der Waals surface area (Å²) in [7, 11) is 0. The lowest BCUT2D eigenvalue weighted by Gasteiger charge is -2.16. The average molecular weight is 162 g/mol. The van der Waals surface area contributed by atoms with Gasteiger partial charge in [-0.25, -0.2) is 5.32 Å². The van der Waals surface area contributed by atoms with Gasteiger partial charge in [0.25, 0.3) is 0 Å². The first-order valence-electron chi connectivity index (χ1n) is 2.33. The maximum absolute atomic E-state index is 11.8. The van der Waals surface area contributed by atoms with E-state index in [0.717, 1.165) is 5.32 Å².